The number of carbonyl (C=O) groups excluding carboxylic acids is 2. The smallest absolute Gasteiger partial charge is 0.344 e. The Bertz CT molecular complexity index is 843. The van der Waals surface area contributed by atoms with Crippen molar-refractivity contribution in [3.63, 3.8) is 0 Å². The fraction of sp³-hybridized carbons (Fsp3) is 0.500. The lowest BCUT2D eigenvalue weighted by molar-refractivity contribution is -0.140. The molecule has 0 spiro atoms. The lowest BCUT2D eigenvalue weighted by atomic mass is 9.78. The molecule has 2 fully saturated rings. The first-order valence-electron chi connectivity index (χ1n) is 10.1. The molecule has 1 aromatic carbocycles. The van der Waals surface area contributed by atoms with Crippen LogP contribution in [0.2, 0.25) is 0 Å². The van der Waals surface area contributed by atoms with Crippen molar-refractivity contribution in [2.75, 3.05) is 13.2 Å². The summed E-state index contributed by atoms with van der Waals surface area (Å²) in [7, 11) is 0. The van der Waals surface area contributed by atoms with Gasteiger partial charge < -0.3 is 14.2 Å². The average Bonchev–Trinajstić information content (AvgIpc) is 3.13. The minimum atomic E-state index is -0.567. The Labute approximate surface area is 164 Å². The summed E-state index contributed by atoms with van der Waals surface area (Å²) in [5.41, 5.74) is 1.51. The summed E-state index contributed by atoms with van der Waals surface area (Å²) in [6.45, 7) is 2.20. The molecule has 1 aliphatic heterocycles. The van der Waals surface area contributed by atoms with Crippen LogP contribution in [0.25, 0.3) is 11.3 Å². The van der Waals surface area contributed by atoms with Gasteiger partial charge in [-0.05, 0) is 38.5 Å². The second-order valence-corrected chi connectivity index (χ2v) is 7.75. The van der Waals surface area contributed by atoms with Gasteiger partial charge in [0.25, 0.3) is 5.91 Å². The zero-order valence-electron chi connectivity index (χ0n) is 16.2. The molecule has 1 amide bonds. The highest BCUT2D eigenvalue weighted by molar-refractivity contribution is 5.98. The van der Waals surface area contributed by atoms with Crippen molar-refractivity contribution in [1.82, 2.24) is 10.1 Å². The summed E-state index contributed by atoms with van der Waals surface area (Å²) in [5, 5.41) is 4.01. The van der Waals surface area contributed by atoms with Crippen molar-refractivity contribution in [1.29, 1.82) is 0 Å². The number of fused-ring (bicyclic) bond motifs is 1. The highest BCUT2D eigenvalue weighted by Gasteiger charge is 2.36. The Morgan fingerprint density at radius 1 is 1.14 bits per heavy atom. The summed E-state index contributed by atoms with van der Waals surface area (Å²) in [6.07, 6.45) is 6.93. The quantitative estimate of drug-likeness (QED) is 0.748. The number of carbonyl (C=O) groups is 2. The van der Waals surface area contributed by atoms with Crippen LogP contribution in [0.5, 0.6) is 0 Å². The van der Waals surface area contributed by atoms with Gasteiger partial charge in [-0.2, -0.15) is 0 Å². The van der Waals surface area contributed by atoms with Gasteiger partial charge >= 0.3 is 5.97 Å². The van der Waals surface area contributed by atoms with E-state index in [1.54, 1.807) is 6.92 Å². The van der Waals surface area contributed by atoms with Gasteiger partial charge in [-0.25, -0.2) is 4.79 Å². The van der Waals surface area contributed by atoms with E-state index < -0.39 is 5.97 Å². The van der Waals surface area contributed by atoms with Crippen LogP contribution >= 0.6 is 0 Å². The van der Waals surface area contributed by atoms with Crippen molar-refractivity contribution in [2.45, 2.75) is 51.5 Å². The highest BCUT2D eigenvalue weighted by atomic mass is 16.5. The lowest BCUT2D eigenvalue weighted by Gasteiger charge is -2.44. The molecule has 2 aromatic rings. The lowest BCUT2D eigenvalue weighted by Crippen LogP contribution is -2.50. The van der Waals surface area contributed by atoms with Crippen LogP contribution in [0, 0.1) is 12.8 Å². The van der Waals surface area contributed by atoms with Crippen molar-refractivity contribution in [3.8, 4) is 11.3 Å². The monoisotopic (exact) mass is 382 g/mol. The largest absolute Gasteiger partial charge is 0.452 e. The Kier molecular flexibility index (Phi) is 5.46. The molecule has 1 saturated heterocycles. The second-order valence-electron chi connectivity index (χ2n) is 7.75. The van der Waals surface area contributed by atoms with E-state index >= 15 is 0 Å². The maximum absolute atomic E-state index is 12.8. The number of benzene rings is 1. The van der Waals surface area contributed by atoms with Gasteiger partial charge in [0.1, 0.15) is 17.0 Å². The molecule has 0 N–H and O–H groups in total. The van der Waals surface area contributed by atoms with Crippen molar-refractivity contribution >= 4 is 11.9 Å². The summed E-state index contributed by atoms with van der Waals surface area (Å²) in [6, 6.07) is 9.66. The first kappa shape index (κ1) is 18.7. The third-order valence-electron chi connectivity index (χ3n) is 6.00. The SMILES string of the molecule is Cc1onc(-c2ccccc2)c1C(=O)OCC(=O)N1CCC[C@H]2CCCC[C@H]21. The Morgan fingerprint density at radius 3 is 2.71 bits per heavy atom. The molecule has 6 nitrogen and oxygen atoms in total. The van der Waals surface area contributed by atoms with Gasteiger partial charge in [-0.15, -0.1) is 0 Å². The highest BCUT2D eigenvalue weighted by Crippen LogP contribution is 2.35. The van der Waals surface area contributed by atoms with E-state index in [4.69, 9.17) is 9.26 Å². The third-order valence-corrected chi connectivity index (χ3v) is 6.00. The number of nitrogens with zero attached hydrogens (tertiary/aromatic N) is 2. The van der Waals surface area contributed by atoms with Crippen LogP contribution in [-0.2, 0) is 9.53 Å². The maximum Gasteiger partial charge on any atom is 0.344 e. The number of amides is 1. The number of piperidine rings is 1. The molecule has 4 rings (SSSR count). The molecular formula is C22H26N2O4. The average molecular weight is 382 g/mol. The zero-order valence-corrected chi connectivity index (χ0v) is 16.2. The number of aryl methyl sites for hydroxylation is 1. The molecule has 1 saturated carbocycles. The number of likely N-dealkylation sites (tertiary alicyclic amines) is 1. The van der Waals surface area contributed by atoms with Crippen LogP contribution in [0.3, 0.4) is 0 Å². The number of hydrogen-bond acceptors (Lipinski definition) is 5. The van der Waals surface area contributed by atoms with E-state index in [-0.39, 0.29) is 18.1 Å². The van der Waals surface area contributed by atoms with Crippen LogP contribution in [0.15, 0.2) is 34.9 Å². The minimum absolute atomic E-state index is 0.0969. The predicted octanol–water partition coefficient (Wildman–Crippen LogP) is 3.99. The first-order valence-corrected chi connectivity index (χ1v) is 10.1. The molecule has 2 aliphatic rings. The molecule has 28 heavy (non-hydrogen) atoms. The minimum Gasteiger partial charge on any atom is -0.452 e. The normalized spacial score (nSPS) is 21.8. The summed E-state index contributed by atoms with van der Waals surface area (Å²) in [4.78, 5) is 27.4. The fourth-order valence-electron chi connectivity index (χ4n) is 4.62. The number of hydrogen-bond donors (Lipinski definition) is 0. The second kappa shape index (κ2) is 8.17. The van der Waals surface area contributed by atoms with Gasteiger partial charge in [0.2, 0.25) is 0 Å². The predicted molar refractivity (Wildman–Crippen MR) is 104 cm³/mol. The summed E-state index contributed by atoms with van der Waals surface area (Å²) in [5.74, 6) is 0.331. The van der Waals surface area contributed by atoms with E-state index in [1.165, 1.54) is 25.7 Å². The number of esters is 1. The van der Waals surface area contributed by atoms with Gasteiger partial charge in [-0.3, -0.25) is 4.79 Å². The van der Waals surface area contributed by atoms with Gasteiger partial charge in [0, 0.05) is 18.2 Å². The van der Waals surface area contributed by atoms with Crippen LogP contribution in [0.4, 0.5) is 0 Å². The van der Waals surface area contributed by atoms with Crippen molar-refractivity contribution in [2.24, 2.45) is 5.92 Å². The molecule has 2 heterocycles. The molecule has 1 aliphatic carbocycles. The van der Waals surface area contributed by atoms with E-state index in [0.717, 1.165) is 24.9 Å². The van der Waals surface area contributed by atoms with Crippen LogP contribution < -0.4 is 0 Å². The summed E-state index contributed by atoms with van der Waals surface area (Å²) >= 11 is 0. The van der Waals surface area contributed by atoms with Crippen LogP contribution in [-0.4, -0.2) is 41.1 Å². The number of ether oxygens (including phenoxy) is 1. The fourth-order valence-corrected chi connectivity index (χ4v) is 4.62. The van der Waals surface area contributed by atoms with Crippen molar-refractivity contribution in [3.05, 3.63) is 41.7 Å². The molecular weight excluding hydrogens is 356 g/mol. The molecule has 2 atom stereocenters. The standard InChI is InChI=1S/C22H26N2O4/c1-15-20(21(23-28-15)17-9-3-2-4-10-17)22(26)27-14-19(25)24-13-7-11-16-8-5-6-12-18(16)24/h2-4,9-10,16,18H,5-8,11-14H2,1H3/t16-,18-/m1/s1. The van der Waals surface area contributed by atoms with Gasteiger partial charge in [0.15, 0.2) is 6.61 Å². The van der Waals surface area contributed by atoms with Crippen molar-refractivity contribution < 1.29 is 18.8 Å². The Hall–Kier alpha value is -2.63. The van der Waals surface area contributed by atoms with Crippen LogP contribution in [0.1, 0.15) is 54.6 Å². The van der Waals surface area contributed by atoms with E-state index in [9.17, 15) is 9.59 Å². The zero-order chi connectivity index (χ0) is 19.5. The number of aromatic nitrogens is 1. The first-order chi connectivity index (χ1) is 13.6. The van der Waals surface area contributed by atoms with Gasteiger partial charge in [0.05, 0.1) is 0 Å². The molecule has 1 aromatic heterocycles. The number of rotatable bonds is 4. The Balaban J connectivity index is 1.44. The maximum atomic E-state index is 12.8. The van der Waals surface area contributed by atoms with Gasteiger partial charge in [-0.1, -0.05) is 48.3 Å². The Morgan fingerprint density at radius 2 is 1.89 bits per heavy atom. The molecule has 0 radical (unpaired) electrons. The topological polar surface area (TPSA) is 72.6 Å². The molecule has 0 bridgehead atoms. The molecule has 0 unspecified atom stereocenters. The molecule has 148 valence electrons. The molecule has 6 heteroatoms. The summed E-state index contributed by atoms with van der Waals surface area (Å²) < 4.78 is 10.6. The van der Waals surface area contributed by atoms with E-state index in [0.29, 0.717) is 23.4 Å². The van der Waals surface area contributed by atoms with E-state index in [2.05, 4.69) is 5.16 Å². The van der Waals surface area contributed by atoms with E-state index in [1.807, 2.05) is 35.2 Å². The third kappa shape index (κ3) is 3.68.